The van der Waals surface area contributed by atoms with Gasteiger partial charge in [-0.3, -0.25) is 9.59 Å². The van der Waals surface area contributed by atoms with Crippen molar-refractivity contribution in [3.8, 4) is 11.3 Å². The van der Waals surface area contributed by atoms with Crippen LogP contribution in [0.5, 0.6) is 0 Å². The first kappa shape index (κ1) is 19.8. The van der Waals surface area contributed by atoms with E-state index in [-0.39, 0.29) is 24.8 Å². The molecular formula is C22H23N5O3. The van der Waals surface area contributed by atoms with Crippen LogP contribution in [0.25, 0.3) is 11.3 Å². The molecule has 3 aromatic rings. The summed E-state index contributed by atoms with van der Waals surface area (Å²) in [6.07, 6.45) is 1.63. The number of para-hydroxylation sites is 1. The van der Waals surface area contributed by atoms with Crippen LogP contribution >= 0.6 is 0 Å². The third kappa shape index (κ3) is 4.24. The average Bonchev–Trinajstić information content (AvgIpc) is 3.08. The molecule has 8 heteroatoms. The van der Waals surface area contributed by atoms with Crippen LogP contribution in [0.15, 0.2) is 48.7 Å². The maximum atomic E-state index is 12.6. The van der Waals surface area contributed by atoms with E-state index in [1.807, 2.05) is 50.5 Å². The van der Waals surface area contributed by atoms with Crippen molar-refractivity contribution in [2.24, 2.45) is 0 Å². The van der Waals surface area contributed by atoms with Crippen LogP contribution in [0.3, 0.4) is 0 Å². The van der Waals surface area contributed by atoms with Crippen LogP contribution in [-0.2, 0) is 16.1 Å². The van der Waals surface area contributed by atoms with Gasteiger partial charge in [0.25, 0.3) is 0 Å². The fourth-order valence-corrected chi connectivity index (χ4v) is 3.42. The van der Waals surface area contributed by atoms with Crippen molar-refractivity contribution in [1.29, 1.82) is 0 Å². The molecule has 0 saturated carbocycles. The van der Waals surface area contributed by atoms with E-state index in [2.05, 4.69) is 20.6 Å². The van der Waals surface area contributed by atoms with Gasteiger partial charge in [0, 0.05) is 17.4 Å². The predicted molar refractivity (Wildman–Crippen MR) is 115 cm³/mol. The lowest BCUT2D eigenvalue weighted by Gasteiger charge is -2.14. The Morgan fingerprint density at radius 3 is 2.77 bits per heavy atom. The number of nitrogens with one attached hydrogen (secondary N) is 3. The molecule has 8 nitrogen and oxygen atoms in total. The van der Waals surface area contributed by atoms with Gasteiger partial charge >= 0.3 is 0 Å². The second kappa shape index (κ2) is 8.48. The Balaban J connectivity index is 1.73. The van der Waals surface area contributed by atoms with Crippen molar-refractivity contribution in [2.75, 3.05) is 37.9 Å². The fraction of sp³-hybridized carbons (Fsp3) is 0.227. The second-order valence-corrected chi connectivity index (χ2v) is 7.35. The Labute approximate surface area is 174 Å². The van der Waals surface area contributed by atoms with E-state index in [1.54, 1.807) is 17.2 Å². The number of carbonyl (C=O) groups is 2. The number of anilines is 3. The van der Waals surface area contributed by atoms with Crippen LogP contribution in [0, 0.1) is 0 Å². The van der Waals surface area contributed by atoms with E-state index in [4.69, 9.17) is 4.74 Å². The molecule has 3 N–H and O–H groups in total. The minimum atomic E-state index is -0.151. The number of hydrogen-bond donors (Lipinski definition) is 3. The molecule has 2 aromatic heterocycles. The Bertz CT molecular complexity index is 1080. The topological polar surface area (TPSA) is 99.4 Å². The predicted octanol–water partition coefficient (Wildman–Crippen LogP) is 3.03. The number of nitrogens with zero attached hydrogens (tertiary/aromatic N) is 2. The molecule has 1 aliphatic rings. The molecule has 0 atom stereocenters. The number of likely N-dealkylation sites (N-methyl/N-ethyl adjacent to an activating group) is 1. The number of Topliss-reactive ketones (excluding diaryl/α,β-unsaturated/α-hetero) is 1. The summed E-state index contributed by atoms with van der Waals surface area (Å²) in [5.41, 5.74) is 4.44. The van der Waals surface area contributed by atoms with E-state index in [0.717, 1.165) is 22.6 Å². The molecule has 1 amide bonds. The summed E-state index contributed by atoms with van der Waals surface area (Å²) in [5.74, 6) is 0.215. The van der Waals surface area contributed by atoms with E-state index in [0.29, 0.717) is 23.7 Å². The average molecular weight is 405 g/mol. The minimum Gasteiger partial charge on any atom is -0.367 e. The van der Waals surface area contributed by atoms with Gasteiger partial charge in [-0.1, -0.05) is 18.2 Å². The Hall–Kier alpha value is -3.49. The number of aromatic amines is 1. The van der Waals surface area contributed by atoms with Gasteiger partial charge < -0.3 is 25.3 Å². The molecule has 0 bridgehead atoms. The van der Waals surface area contributed by atoms with Gasteiger partial charge in [-0.15, -0.1) is 0 Å². The van der Waals surface area contributed by atoms with Crippen molar-refractivity contribution < 1.29 is 14.3 Å². The molecule has 0 unspecified atom stereocenters. The standard InChI is InChI=1S/C22H23N5O3/c1-27(2)11-19(29)26-18-10-14(8-9-23-18)21-22(24-15-6-4-3-5-7-15)20-16(25-21)12-30-13-17(20)28/h3-10,24-25H,11-13H2,1-2H3,(H,23,26,29). The minimum absolute atomic E-state index is 0.0515. The summed E-state index contributed by atoms with van der Waals surface area (Å²) in [6, 6.07) is 13.3. The summed E-state index contributed by atoms with van der Waals surface area (Å²) in [7, 11) is 3.65. The van der Waals surface area contributed by atoms with Gasteiger partial charge in [0.05, 0.1) is 35.8 Å². The number of rotatable bonds is 6. The van der Waals surface area contributed by atoms with E-state index >= 15 is 0 Å². The zero-order valence-electron chi connectivity index (χ0n) is 16.9. The molecule has 0 spiro atoms. The van der Waals surface area contributed by atoms with Crippen molar-refractivity contribution in [3.05, 3.63) is 59.9 Å². The molecule has 30 heavy (non-hydrogen) atoms. The SMILES string of the molecule is CN(C)CC(=O)Nc1cc(-c2[nH]c3c(c2Nc2ccccc2)C(=O)COC3)ccn1. The first-order valence-electron chi connectivity index (χ1n) is 9.60. The highest BCUT2D eigenvalue weighted by atomic mass is 16.5. The molecule has 3 heterocycles. The molecule has 154 valence electrons. The van der Waals surface area contributed by atoms with E-state index in [9.17, 15) is 9.59 Å². The van der Waals surface area contributed by atoms with E-state index in [1.165, 1.54) is 0 Å². The number of amides is 1. The summed E-state index contributed by atoms with van der Waals surface area (Å²) in [4.78, 5) is 34.1. The van der Waals surface area contributed by atoms with Crippen LogP contribution in [-0.4, -0.2) is 53.8 Å². The third-order valence-electron chi connectivity index (χ3n) is 4.66. The van der Waals surface area contributed by atoms with Crippen molar-refractivity contribution in [3.63, 3.8) is 0 Å². The number of aromatic nitrogens is 2. The Morgan fingerprint density at radius 1 is 1.20 bits per heavy atom. The highest BCUT2D eigenvalue weighted by Crippen LogP contribution is 2.37. The van der Waals surface area contributed by atoms with Gasteiger partial charge in [-0.25, -0.2) is 4.98 Å². The van der Waals surface area contributed by atoms with Gasteiger partial charge in [0.15, 0.2) is 5.78 Å². The quantitative estimate of drug-likeness (QED) is 0.583. The number of benzene rings is 1. The smallest absolute Gasteiger partial charge is 0.239 e. The zero-order valence-corrected chi connectivity index (χ0v) is 16.9. The van der Waals surface area contributed by atoms with Crippen molar-refractivity contribution in [2.45, 2.75) is 6.61 Å². The fourth-order valence-electron chi connectivity index (χ4n) is 3.42. The number of carbonyl (C=O) groups excluding carboxylic acids is 2. The summed E-state index contributed by atoms with van der Waals surface area (Å²) < 4.78 is 5.39. The summed E-state index contributed by atoms with van der Waals surface area (Å²) >= 11 is 0. The number of ether oxygens (including phenoxy) is 1. The van der Waals surface area contributed by atoms with Gasteiger partial charge in [-0.05, 0) is 38.4 Å². The first-order chi connectivity index (χ1) is 14.5. The van der Waals surface area contributed by atoms with Crippen LogP contribution in [0.1, 0.15) is 16.1 Å². The normalized spacial score (nSPS) is 13.2. The number of pyridine rings is 1. The van der Waals surface area contributed by atoms with Gasteiger partial charge in [-0.2, -0.15) is 0 Å². The van der Waals surface area contributed by atoms with Gasteiger partial charge in [0.1, 0.15) is 12.4 Å². The molecule has 1 aromatic carbocycles. The lowest BCUT2D eigenvalue weighted by Crippen LogP contribution is -2.27. The second-order valence-electron chi connectivity index (χ2n) is 7.35. The lowest BCUT2D eigenvalue weighted by molar-refractivity contribution is -0.116. The molecule has 4 rings (SSSR count). The van der Waals surface area contributed by atoms with Gasteiger partial charge in [0.2, 0.25) is 5.91 Å². The Morgan fingerprint density at radius 2 is 2.00 bits per heavy atom. The van der Waals surface area contributed by atoms with Crippen LogP contribution in [0.2, 0.25) is 0 Å². The molecule has 0 saturated heterocycles. The third-order valence-corrected chi connectivity index (χ3v) is 4.66. The summed E-state index contributed by atoms with van der Waals surface area (Å²) in [5, 5.41) is 6.18. The highest BCUT2D eigenvalue weighted by Gasteiger charge is 2.27. The Kier molecular flexibility index (Phi) is 5.60. The van der Waals surface area contributed by atoms with Crippen molar-refractivity contribution in [1.82, 2.24) is 14.9 Å². The van der Waals surface area contributed by atoms with Crippen molar-refractivity contribution >= 4 is 28.9 Å². The van der Waals surface area contributed by atoms with Crippen LogP contribution < -0.4 is 10.6 Å². The molecule has 1 aliphatic heterocycles. The molecule has 0 fully saturated rings. The molecular weight excluding hydrogens is 382 g/mol. The molecule has 0 aliphatic carbocycles. The summed E-state index contributed by atoms with van der Waals surface area (Å²) in [6.45, 7) is 0.646. The number of fused-ring (bicyclic) bond motifs is 1. The monoisotopic (exact) mass is 405 g/mol. The zero-order chi connectivity index (χ0) is 21.1. The first-order valence-corrected chi connectivity index (χ1v) is 9.60. The lowest BCUT2D eigenvalue weighted by atomic mass is 10.0. The maximum Gasteiger partial charge on any atom is 0.239 e. The van der Waals surface area contributed by atoms with Crippen LogP contribution in [0.4, 0.5) is 17.2 Å². The number of ketones is 1. The maximum absolute atomic E-state index is 12.6. The number of hydrogen-bond acceptors (Lipinski definition) is 6. The largest absolute Gasteiger partial charge is 0.367 e. The molecule has 0 radical (unpaired) electrons. The van der Waals surface area contributed by atoms with E-state index < -0.39 is 0 Å². The highest BCUT2D eigenvalue weighted by molar-refractivity contribution is 6.08. The number of H-pyrrole nitrogens is 1.